The van der Waals surface area contributed by atoms with Gasteiger partial charge in [0.2, 0.25) is 0 Å². The van der Waals surface area contributed by atoms with E-state index in [1.165, 1.54) is 20.0 Å². The van der Waals surface area contributed by atoms with Crippen molar-refractivity contribution in [1.29, 1.82) is 0 Å². The van der Waals surface area contributed by atoms with Gasteiger partial charge < -0.3 is 14.4 Å². The predicted octanol–water partition coefficient (Wildman–Crippen LogP) is 2.72. The summed E-state index contributed by atoms with van der Waals surface area (Å²) in [6, 6.07) is 5.49. The average molecular weight is 263 g/mol. The summed E-state index contributed by atoms with van der Waals surface area (Å²) in [5, 5.41) is 0. The van der Waals surface area contributed by atoms with Gasteiger partial charge in [0.1, 0.15) is 5.75 Å². The predicted molar refractivity (Wildman–Crippen MR) is 74.9 cm³/mol. The Bertz CT molecular complexity index is 451. The molecule has 1 aliphatic rings. The Hall–Kier alpha value is -1.71. The minimum Gasteiger partial charge on any atom is -0.495 e. The van der Waals surface area contributed by atoms with Gasteiger partial charge in [0.05, 0.1) is 25.5 Å². The highest BCUT2D eigenvalue weighted by molar-refractivity contribution is 5.90. The van der Waals surface area contributed by atoms with E-state index in [1.54, 1.807) is 19.2 Å². The van der Waals surface area contributed by atoms with Crippen molar-refractivity contribution >= 4 is 11.7 Å². The van der Waals surface area contributed by atoms with Crippen LogP contribution in [-0.4, -0.2) is 33.3 Å². The largest absolute Gasteiger partial charge is 0.495 e. The molecule has 0 saturated carbocycles. The zero-order chi connectivity index (χ0) is 13.8. The first-order valence-electron chi connectivity index (χ1n) is 6.67. The first-order valence-corrected chi connectivity index (χ1v) is 6.67. The number of rotatable bonds is 3. The fraction of sp³-hybridized carbons (Fsp3) is 0.533. The van der Waals surface area contributed by atoms with Crippen molar-refractivity contribution in [2.24, 2.45) is 5.92 Å². The summed E-state index contributed by atoms with van der Waals surface area (Å²) in [5.74, 6) is 1.19. The molecule has 1 fully saturated rings. The zero-order valence-corrected chi connectivity index (χ0v) is 11.8. The first kappa shape index (κ1) is 13.7. The van der Waals surface area contributed by atoms with Gasteiger partial charge in [-0.3, -0.25) is 0 Å². The molecule has 104 valence electrons. The van der Waals surface area contributed by atoms with Gasteiger partial charge in [0, 0.05) is 13.1 Å². The number of piperidine rings is 1. The van der Waals surface area contributed by atoms with Crippen LogP contribution < -0.4 is 9.64 Å². The molecule has 1 aromatic rings. The maximum absolute atomic E-state index is 11.5. The molecule has 2 rings (SSSR count). The molecule has 0 spiro atoms. The number of hydrogen-bond donors (Lipinski definition) is 0. The molecule has 0 N–H and O–H groups in total. The summed E-state index contributed by atoms with van der Waals surface area (Å²) in [6.07, 6.45) is 2.39. The van der Waals surface area contributed by atoms with Gasteiger partial charge in [0.25, 0.3) is 0 Å². The second-order valence-electron chi connectivity index (χ2n) is 5.05. The van der Waals surface area contributed by atoms with Crippen LogP contribution in [-0.2, 0) is 4.74 Å². The van der Waals surface area contributed by atoms with E-state index < -0.39 is 0 Å². The quantitative estimate of drug-likeness (QED) is 0.786. The summed E-state index contributed by atoms with van der Waals surface area (Å²) >= 11 is 0. The summed E-state index contributed by atoms with van der Waals surface area (Å²) in [4.78, 5) is 13.8. The lowest BCUT2D eigenvalue weighted by Gasteiger charge is -2.33. The summed E-state index contributed by atoms with van der Waals surface area (Å²) in [6.45, 7) is 4.36. The molecule has 0 atom stereocenters. The van der Waals surface area contributed by atoms with Crippen LogP contribution in [0.25, 0.3) is 0 Å². The minimum atomic E-state index is -0.336. The van der Waals surface area contributed by atoms with Crippen LogP contribution in [0.3, 0.4) is 0 Å². The van der Waals surface area contributed by atoms with Crippen LogP contribution in [0.5, 0.6) is 5.75 Å². The summed E-state index contributed by atoms with van der Waals surface area (Å²) in [7, 11) is 3.02. The molecule has 4 heteroatoms. The molecule has 1 heterocycles. The number of benzene rings is 1. The lowest BCUT2D eigenvalue weighted by atomic mass is 9.98. The Labute approximate surface area is 114 Å². The van der Waals surface area contributed by atoms with Gasteiger partial charge in [-0.1, -0.05) is 6.92 Å². The molecule has 0 amide bonds. The molecule has 1 aromatic carbocycles. The second kappa shape index (κ2) is 5.95. The van der Waals surface area contributed by atoms with E-state index >= 15 is 0 Å². The molecule has 1 saturated heterocycles. The maximum atomic E-state index is 11.5. The standard InChI is InChI=1S/C15H21NO3/c1-11-6-8-16(9-7-11)13-5-4-12(15(17)19-3)10-14(13)18-2/h4-5,10-11H,6-9H2,1-3H3. The Morgan fingerprint density at radius 3 is 2.53 bits per heavy atom. The third-order valence-corrected chi connectivity index (χ3v) is 3.73. The van der Waals surface area contributed by atoms with E-state index in [2.05, 4.69) is 11.8 Å². The van der Waals surface area contributed by atoms with Crippen molar-refractivity contribution < 1.29 is 14.3 Å². The minimum absolute atomic E-state index is 0.336. The highest BCUT2D eigenvalue weighted by Crippen LogP contribution is 2.32. The summed E-state index contributed by atoms with van der Waals surface area (Å²) < 4.78 is 10.1. The van der Waals surface area contributed by atoms with E-state index in [0.717, 1.165) is 30.4 Å². The number of carbonyl (C=O) groups excluding carboxylic acids is 1. The number of methoxy groups -OCH3 is 2. The highest BCUT2D eigenvalue weighted by atomic mass is 16.5. The SMILES string of the molecule is COC(=O)c1ccc(N2CCC(C)CC2)c(OC)c1. The molecular weight excluding hydrogens is 242 g/mol. The van der Waals surface area contributed by atoms with Gasteiger partial charge in [-0.15, -0.1) is 0 Å². The Kier molecular flexibility index (Phi) is 4.30. The van der Waals surface area contributed by atoms with E-state index in [0.29, 0.717) is 5.56 Å². The van der Waals surface area contributed by atoms with Crippen LogP contribution in [0.1, 0.15) is 30.1 Å². The zero-order valence-electron chi connectivity index (χ0n) is 11.8. The normalized spacial score (nSPS) is 16.3. The maximum Gasteiger partial charge on any atom is 0.337 e. The third-order valence-electron chi connectivity index (χ3n) is 3.73. The molecular formula is C15H21NO3. The number of anilines is 1. The molecule has 0 aliphatic carbocycles. The van der Waals surface area contributed by atoms with E-state index in [-0.39, 0.29) is 5.97 Å². The van der Waals surface area contributed by atoms with Gasteiger partial charge >= 0.3 is 5.97 Å². The number of nitrogens with zero attached hydrogens (tertiary/aromatic N) is 1. The fourth-order valence-corrected chi connectivity index (χ4v) is 2.43. The molecule has 4 nitrogen and oxygen atoms in total. The average Bonchev–Trinajstić information content (AvgIpc) is 2.46. The first-order chi connectivity index (χ1) is 9.15. The lowest BCUT2D eigenvalue weighted by molar-refractivity contribution is 0.0600. The smallest absolute Gasteiger partial charge is 0.337 e. The van der Waals surface area contributed by atoms with Crippen molar-refractivity contribution in [3.63, 3.8) is 0 Å². The lowest BCUT2D eigenvalue weighted by Crippen LogP contribution is -2.33. The van der Waals surface area contributed by atoms with Gasteiger partial charge in [0.15, 0.2) is 0 Å². The third kappa shape index (κ3) is 3.00. The van der Waals surface area contributed by atoms with Crippen LogP contribution in [0.15, 0.2) is 18.2 Å². The monoisotopic (exact) mass is 263 g/mol. The highest BCUT2D eigenvalue weighted by Gasteiger charge is 2.20. The number of carbonyl (C=O) groups is 1. The number of ether oxygens (including phenoxy) is 2. The summed E-state index contributed by atoms with van der Waals surface area (Å²) in [5.41, 5.74) is 1.58. The van der Waals surface area contributed by atoms with E-state index in [1.807, 2.05) is 6.07 Å². The molecule has 0 unspecified atom stereocenters. The van der Waals surface area contributed by atoms with Gasteiger partial charge in [-0.05, 0) is 37.0 Å². The topological polar surface area (TPSA) is 38.8 Å². The van der Waals surface area contributed by atoms with Crippen LogP contribution in [0.2, 0.25) is 0 Å². The van der Waals surface area contributed by atoms with E-state index in [4.69, 9.17) is 9.47 Å². The van der Waals surface area contributed by atoms with Gasteiger partial charge in [-0.2, -0.15) is 0 Å². The van der Waals surface area contributed by atoms with Crippen LogP contribution in [0, 0.1) is 5.92 Å². The Morgan fingerprint density at radius 1 is 1.26 bits per heavy atom. The molecule has 0 radical (unpaired) electrons. The second-order valence-corrected chi connectivity index (χ2v) is 5.05. The molecule has 19 heavy (non-hydrogen) atoms. The molecule has 1 aliphatic heterocycles. The van der Waals surface area contributed by atoms with Gasteiger partial charge in [-0.25, -0.2) is 4.79 Å². The van der Waals surface area contributed by atoms with Crippen LogP contribution >= 0.6 is 0 Å². The van der Waals surface area contributed by atoms with E-state index in [9.17, 15) is 4.79 Å². The molecule has 0 bridgehead atoms. The van der Waals surface area contributed by atoms with Crippen molar-refractivity contribution in [3.8, 4) is 5.75 Å². The Morgan fingerprint density at radius 2 is 1.95 bits per heavy atom. The number of hydrogen-bond acceptors (Lipinski definition) is 4. The molecule has 0 aromatic heterocycles. The van der Waals surface area contributed by atoms with Crippen molar-refractivity contribution in [2.75, 3.05) is 32.2 Å². The van der Waals surface area contributed by atoms with Crippen LogP contribution in [0.4, 0.5) is 5.69 Å². The fourth-order valence-electron chi connectivity index (χ4n) is 2.43. The van der Waals surface area contributed by atoms with Crippen molar-refractivity contribution in [3.05, 3.63) is 23.8 Å². The van der Waals surface area contributed by atoms with Crippen molar-refractivity contribution in [1.82, 2.24) is 0 Å². The van der Waals surface area contributed by atoms with Crippen molar-refractivity contribution in [2.45, 2.75) is 19.8 Å². The number of esters is 1. The Balaban J connectivity index is 2.23.